The highest BCUT2D eigenvalue weighted by atomic mass is 16.2. The SMILES string of the molecule is O=C1c2cccn2[C@@H]2CN(CCc3ccccc3)C[C@H]2N1Cc1ccccc1. The summed E-state index contributed by atoms with van der Waals surface area (Å²) in [5.41, 5.74) is 3.38. The molecule has 3 aromatic rings. The minimum Gasteiger partial charge on any atom is -0.337 e. The molecular formula is C24H25N3O. The molecule has 1 amide bonds. The van der Waals surface area contributed by atoms with E-state index in [0.29, 0.717) is 12.6 Å². The van der Waals surface area contributed by atoms with Crippen LogP contribution in [-0.4, -0.2) is 46.0 Å². The zero-order valence-electron chi connectivity index (χ0n) is 15.9. The second-order valence-corrected chi connectivity index (χ2v) is 7.85. The Bertz CT molecular complexity index is 950. The van der Waals surface area contributed by atoms with E-state index in [0.717, 1.165) is 31.7 Å². The van der Waals surface area contributed by atoms with Crippen LogP contribution in [0, 0.1) is 0 Å². The Morgan fingerprint density at radius 2 is 1.46 bits per heavy atom. The maximum Gasteiger partial charge on any atom is 0.271 e. The maximum absolute atomic E-state index is 13.2. The molecule has 2 atom stereocenters. The Hall–Kier alpha value is -2.85. The number of hydrogen-bond donors (Lipinski definition) is 0. The number of likely N-dealkylation sites (tertiary alicyclic amines) is 1. The van der Waals surface area contributed by atoms with Crippen LogP contribution in [0.25, 0.3) is 0 Å². The third-order valence-electron chi connectivity index (χ3n) is 6.11. The summed E-state index contributed by atoms with van der Waals surface area (Å²) < 4.78 is 2.21. The van der Waals surface area contributed by atoms with Gasteiger partial charge in [-0.2, -0.15) is 0 Å². The van der Waals surface area contributed by atoms with Crippen molar-refractivity contribution in [3.05, 3.63) is 95.8 Å². The highest BCUT2D eigenvalue weighted by molar-refractivity contribution is 5.94. The third kappa shape index (κ3) is 3.14. The van der Waals surface area contributed by atoms with Crippen molar-refractivity contribution in [2.75, 3.05) is 19.6 Å². The maximum atomic E-state index is 13.2. The Morgan fingerprint density at radius 3 is 2.21 bits per heavy atom. The van der Waals surface area contributed by atoms with Gasteiger partial charge in [-0.15, -0.1) is 0 Å². The van der Waals surface area contributed by atoms with Crippen LogP contribution in [0.4, 0.5) is 0 Å². The van der Waals surface area contributed by atoms with Crippen LogP contribution in [-0.2, 0) is 13.0 Å². The molecule has 0 N–H and O–H groups in total. The molecule has 0 saturated carbocycles. The molecule has 142 valence electrons. The van der Waals surface area contributed by atoms with Crippen molar-refractivity contribution < 1.29 is 4.79 Å². The molecule has 0 bridgehead atoms. The van der Waals surface area contributed by atoms with Crippen molar-refractivity contribution in [3.63, 3.8) is 0 Å². The summed E-state index contributed by atoms with van der Waals surface area (Å²) in [6.45, 7) is 3.64. The molecule has 1 aromatic heterocycles. The van der Waals surface area contributed by atoms with Gasteiger partial charge < -0.3 is 9.47 Å². The van der Waals surface area contributed by atoms with E-state index in [4.69, 9.17) is 0 Å². The molecular weight excluding hydrogens is 346 g/mol. The quantitative estimate of drug-likeness (QED) is 0.685. The van der Waals surface area contributed by atoms with Crippen LogP contribution in [0.2, 0.25) is 0 Å². The number of rotatable bonds is 5. The predicted octanol–water partition coefficient (Wildman–Crippen LogP) is 3.61. The minimum absolute atomic E-state index is 0.153. The van der Waals surface area contributed by atoms with Gasteiger partial charge in [0.1, 0.15) is 5.69 Å². The summed E-state index contributed by atoms with van der Waals surface area (Å²) in [7, 11) is 0. The standard InChI is InChI=1S/C24H25N3O/c28-24-21-12-7-14-26(21)22-17-25(15-13-19-8-3-1-4-9-19)18-23(22)27(24)16-20-10-5-2-6-11-20/h1-12,14,22-23H,13,15-18H2/t22-,23-/m1/s1. The van der Waals surface area contributed by atoms with Crippen LogP contribution >= 0.6 is 0 Å². The molecule has 0 radical (unpaired) electrons. The number of aromatic nitrogens is 1. The van der Waals surface area contributed by atoms with Gasteiger partial charge in [0.25, 0.3) is 5.91 Å². The van der Waals surface area contributed by atoms with Gasteiger partial charge >= 0.3 is 0 Å². The number of benzene rings is 2. The number of carbonyl (C=O) groups is 1. The summed E-state index contributed by atoms with van der Waals surface area (Å²) in [4.78, 5) is 17.8. The van der Waals surface area contributed by atoms with Crippen LogP contribution < -0.4 is 0 Å². The summed E-state index contributed by atoms with van der Waals surface area (Å²) in [6.07, 6.45) is 3.12. The molecule has 0 aliphatic carbocycles. The second kappa shape index (κ2) is 7.28. The number of amides is 1. The van der Waals surface area contributed by atoms with Gasteiger partial charge in [-0.25, -0.2) is 0 Å². The molecule has 5 rings (SSSR count). The van der Waals surface area contributed by atoms with Crippen LogP contribution in [0.1, 0.15) is 27.7 Å². The zero-order valence-corrected chi connectivity index (χ0v) is 15.9. The van der Waals surface area contributed by atoms with E-state index in [1.165, 1.54) is 11.1 Å². The van der Waals surface area contributed by atoms with Crippen molar-refractivity contribution in [1.29, 1.82) is 0 Å². The fourth-order valence-corrected chi connectivity index (χ4v) is 4.67. The summed E-state index contributed by atoms with van der Waals surface area (Å²) in [6, 6.07) is 25.5. The van der Waals surface area contributed by atoms with Crippen LogP contribution in [0.15, 0.2) is 79.0 Å². The monoisotopic (exact) mass is 371 g/mol. The molecule has 3 heterocycles. The van der Waals surface area contributed by atoms with Crippen molar-refractivity contribution in [2.24, 2.45) is 0 Å². The Balaban J connectivity index is 1.37. The summed E-state index contributed by atoms with van der Waals surface area (Å²) in [5.74, 6) is 0.153. The molecule has 4 nitrogen and oxygen atoms in total. The smallest absolute Gasteiger partial charge is 0.271 e. The molecule has 0 spiro atoms. The largest absolute Gasteiger partial charge is 0.337 e. The van der Waals surface area contributed by atoms with Gasteiger partial charge in [0.15, 0.2) is 0 Å². The first-order chi connectivity index (χ1) is 13.8. The van der Waals surface area contributed by atoms with E-state index in [9.17, 15) is 4.79 Å². The highest BCUT2D eigenvalue weighted by Gasteiger charge is 2.44. The van der Waals surface area contributed by atoms with Crippen molar-refractivity contribution in [1.82, 2.24) is 14.4 Å². The lowest BCUT2D eigenvalue weighted by Crippen LogP contribution is -2.49. The van der Waals surface area contributed by atoms with Gasteiger partial charge in [0, 0.05) is 32.4 Å². The van der Waals surface area contributed by atoms with Crippen molar-refractivity contribution in [3.8, 4) is 0 Å². The summed E-state index contributed by atoms with van der Waals surface area (Å²) >= 11 is 0. The van der Waals surface area contributed by atoms with E-state index >= 15 is 0 Å². The van der Waals surface area contributed by atoms with Crippen LogP contribution in [0.3, 0.4) is 0 Å². The molecule has 4 heteroatoms. The van der Waals surface area contributed by atoms with E-state index in [1.807, 2.05) is 30.3 Å². The van der Waals surface area contributed by atoms with Crippen molar-refractivity contribution >= 4 is 5.91 Å². The lowest BCUT2D eigenvalue weighted by molar-refractivity contribution is 0.0557. The Labute approximate surface area is 166 Å². The zero-order chi connectivity index (χ0) is 18.9. The Morgan fingerprint density at radius 1 is 0.786 bits per heavy atom. The number of hydrogen-bond acceptors (Lipinski definition) is 2. The molecule has 2 aliphatic rings. The molecule has 0 unspecified atom stereocenters. The highest BCUT2D eigenvalue weighted by Crippen LogP contribution is 2.34. The molecule has 2 aromatic carbocycles. The van der Waals surface area contributed by atoms with Crippen molar-refractivity contribution in [2.45, 2.75) is 25.0 Å². The molecule has 2 aliphatic heterocycles. The fraction of sp³-hybridized carbons (Fsp3) is 0.292. The average molecular weight is 371 g/mol. The first-order valence-electron chi connectivity index (χ1n) is 10.1. The normalized spacial score (nSPS) is 21.6. The first-order valence-corrected chi connectivity index (χ1v) is 10.1. The first kappa shape index (κ1) is 17.3. The topological polar surface area (TPSA) is 28.5 Å². The number of fused-ring (bicyclic) bond motifs is 3. The number of nitrogens with zero attached hydrogens (tertiary/aromatic N) is 3. The van der Waals surface area contributed by atoms with E-state index in [2.05, 4.69) is 63.0 Å². The minimum atomic E-state index is 0.153. The lowest BCUT2D eigenvalue weighted by atomic mass is 10.0. The molecule has 1 fully saturated rings. The molecule has 1 saturated heterocycles. The number of carbonyl (C=O) groups excluding carboxylic acids is 1. The predicted molar refractivity (Wildman–Crippen MR) is 110 cm³/mol. The van der Waals surface area contributed by atoms with Crippen LogP contribution in [0.5, 0.6) is 0 Å². The van der Waals surface area contributed by atoms with E-state index < -0.39 is 0 Å². The van der Waals surface area contributed by atoms with Gasteiger partial charge in [-0.3, -0.25) is 9.69 Å². The van der Waals surface area contributed by atoms with Gasteiger partial charge in [-0.1, -0.05) is 60.7 Å². The average Bonchev–Trinajstić information content (AvgIpc) is 3.38. The van der Waals surface area contributed by atoms with Gasteiger partial charge in [0.05, 0.1) is 12.1 Å². The summed E-state index contributed by atoms with van der Waals surface area (Å²) in [5, 5.41) is 0. The van der Waals surface area contributed by atoms with E-state index in [-0.39, 0.29) is 11.9 Å². The molecule has 28 heavy (non-hydrogen) atoms. The van der Waals surface area contributed by atoms with Gasteiger partial charge in [0.2, 0.25) is 0 Å². The third-order valence-corrected chi connectivity index (χ3v) is 6.11. The fourth-order valence-electron chi connectivity index (χ4n) is 4.67. The Kier molecular flexibility index (Phi) is 4.49. The lowest BCUT2D eigenvalue weighted by Gasteiger charge is -2.38. The second-order valence-electron chi connectivity index (χ2n) is 7.85. The van der Waals surface area contributed by atoms with Gasteiger partial charge in [-0.05, 0) is 29.7 Å². The van der Waals surface area contributed by atoms with E-state index in [1.54, 1.807) is 0 Å².